The number of carbonyl (C=O) groups excluding carboxylic acids is 1. The van der Waals surface area contributed by atoms with E-state index in [1.807, 2.05) is 6.20 Å². The first-order valence-corrected chi connectivity index (χ1v) is 8.73. The number of nitrogens with zero attached hydrogens (tertiary/aromatic N) is 4. The summed E-state index contributed by atoms with van der Waals surface area (Å²) in [4.78, 5) is 25.6. The Bertz CT molecular complexity index is 669. The minimum Gasteiger partial charge on any atom is -0.341 e. The summed E-state index contributed by atoms with van der Waals surface area (Å²) in [6.07, 6.45) is 6.08. The molecule has 0 spiro atoms. The van der Waals surface area contributed by atoms with Gasteiger partial charge in [-0.05, 0) is 43.6 Å². The molecule has 0 bridgehead atoms. The highest BCUT2D eigenvalue weighted by molar-refractivity contribution is 5.88. The third-order valence-corrected chi connectivity index (χ3v) is 5.93. The van der Waals surface area contributed by atoms with Gasteiger partial charge in [-0.1, -0.05) is 0 Å². The molecule has 2 aliphatic heterocycles. The first-order valence-electron chi connectivity index (χ1n) is 8.73. The van der Waals surface area contributed by atoms with Crippen LogP contribution in [-0.2, 0) is 11.2 Å². The molecule has 0 radical (unpaired) electrons. The Morgan fingerprint density at radius 2 is 2.04 bits per heavy atom. The number of amides is 1. The van der Waals surface area contributed by atoms with E-state index in [-0.39, 0.29) is 5.91 Å². The highest BCUT2D eigenvalue weighted by Gasteiger charge is 2.55. The fraction of sp³-hybridized carbons (Fsp3) is 0.706. The van der Waals surface area contributed by atoms with E-state index in [2.05, 4.69) is 9.88 Å². The zero-order valence-corrected chi connectivity index (χ0v) is 13.2. The highest BCUT2D eigenvalue weighted by atomic mass is 19.1. The van der Waals surface area contributed by atoms with Crippen LogP contribution in [-0.4, -0.2) is 52.6 Å². The van der Waals surface area contributed by atoms with Gasteiger partial charge in [0.2, 0.25) is 5.95 Å². The van der Waals surface area contributed by atoms with Gasteiger partial charge in [0.05, 0.1) is 0 Å². The fourth-order valence-electron chi connectivity index (χ4n) is 4.41. The molecule has 0 aromatic carbocycles. The molecule has 6 heteroatoms. The maximum Gasteiger partial charge on any atom is 0.260 e. The summed E-state index contributed by atoms with van der Waals surface area (Å²) in [5, 5.41) is 0. The van der Waals surface area contributed by atoms with Gasteiger partial charge in [-0.3, -0.25) is 4.79 Å². The highest BCUT2D eigenvalue weighted by Crippen LogP contribution is 2.46. The van der Waals surface area contributed by atoms with Crippen molar-refractivity contribution in [2.75, 3.05) is 31.1 Å². The quantitative estimate of drug-likeness (QED) is 0.833. The molecule has 2 unspecified atom stereocenters. The molecule has 1 amide bonds. The molecule has 1 saturated carbocycles. The molecule has 23 heavy (non-hydrogen) atoms. The van der Waals surface area contributed by atoms with E-state index < -0.39 is 5.67 Å². The molecule has 4 aliphatic rings. The molecule has 1 aromatic heterocycles. The summed E-state index contributed by atoms with van der Waals surface area (Å²) >= 11 is 0. The minimum atomic E-state index is -1.54. The molecule has 5 nitrogen and oxygen atoms in total. The van der Waals surface area contributed by atoms with Gasteiger partial charge in [0.1, 0.15) is 0 Å². The maximum absolute atomic E-state index is 14.0. The van der Waals surface area contributed by atoms with Crippen LogP contribution in [0.4, 0.5) is 10.3 Å². The third kappa shape index (κ3) is 2.07. The zero-order valence-electron chi connectivity index (χ0n) is 13.2. The van der Waals surface area contributed by atoms with Crippen molar-refractivity contribution in [3.8, 4) is 0 Å². The molecular weight excluding hydrogens is 295 g/mol. The second kappa shape index (κ2) is 4.65. The van der Waals surface area contributed by atoms with Crippen molar-refractivity contribution in [3.05, 3.63) is 17.5 Å². The van der Waals surface area contributed by atoms with Gasteiger partial charge < -0.3 is 9.80 Å². The predicted molar refractivity (Wildman–Crippen MR) is 83.1 cm³/mol. The van der Waals surface area contributed by atoms with E-state index in [0.717, 1.165) is 31.2 Å². The number of anilines is 1. The first kappa shape index (κ1) is 13.7. The van der Waals surface area contributed by atoms with Gasteiger partial charge in [0.15, 0.2) is 5.67 Å². The molecule has 2 aliphatic carbocycles. The molecule has 1 aromatic rings. The van der Waals surface area contributed by atoms with Crippen molar-refractivity contribution >= 4 is 11.9 Å². The fourth-order valence-corrected chi connectivity index (χ4v) is 4.41. The lowest BCUT2D eigenvalue weighted by Crippen LogP contribution is -2.37. The third-order valence-electron chi connectivity index (χ3n) is 5.93. The molecule has 0 N–H and O–H groups in total. The number of alkyl halides is 1. The summed E-state index contributed by atoms with van der Waals surface area (Å²) in [5.74, 6) is 1.25. The van der Waals surface area contributed by atoms with E-state index >= 15 is 0 Å². The van der Waals surface area contributed by atoms with Crippen molar-refractivity contribution in [2.24, 2.45) is 5.92 Å². The van der Waals surface area contributed by atoms with Crippen LogP contribution in [0.15, 0.2) is 6.20 Å². The molecular formula is C17H21FN4O. The van der Waals surface area contributed by atoms with E-state index in [1.54, 1.807) is 4.90 Å². The van der Waals surface area contributed by atoms with Crippen molar-refractivity contribution in [3.63, 3.8) is 0 Å². The van der Waals surface area contributed by atoms with Gasteiger partial charge >= 0.3 is 0 Å². The Hall–Kier alpha value is -1.72. The lowest BCUT2D eigenvalue weighted by molar-refractivity contribution is -0.137. The summed E-state index contributed by atoms with van der Waals surface area (Å²) in [7, 11) is 0. The number of hydrogen-bond donors (Lipinski definition) is 0. The Balaban J connectivity index is 1.36. The zero-order chi connectivity index (χ0) is 15.6. The van der Waals surface area contributed by atoms with Gasteiger partial charge in [0, 0.05) is 44.0 Å². The molecule has 122 valence electrons. The van der Waals surface area contributed by atoms with E-state index in [0.29, 0.717) is 37.8 Å². The standard InChI is InChI=1S/C17H21FN4O/c18-17(3-4-17)15(23)22-9-11-7-14-12(13(11)10-22)8-19-16(20-14)21-5-1-2-6-21/h8,11,13H,1-7,9-10H2. The summed E-state index contributed by atoms with van der Waals surface area (Å²) in [6.45, 7) is 3.40. The van der Waals surface area contributed by atoms with E-state index in [9.17, 15) is 9.18 Å². The van der Waals surface area contributed by atoms with Gasteiger partial charge in [-0.25, -0.2) is 14.4 Å². The average molecular weight is 316 g/mol. The van der Waals surface area contributed by atoms with Crippen LogP contribution in [0.25, 0.3) is 0 Å². The number of rotatable bonds is 2. The van der Waals surface area contributed by atoms with Gasteiger partial charge in [-0.15, -0.1) is 0 Å². The second-order valence-electron chi connectivity index (χ2n) is 7.51. The second-order valence-corrected chi connectivity index (χ2v) is 7.51. The minimum absolute atomic E-state index is 0.289. The summed E-state index contributed by atoms with van der Waals surface area (Å²) in [6, 6.07) is 0. The van der Waals surface area contributed by atoms with E-state index in [1.165, 1.54) is 18.4 Å². The van der Waals surface area contributed by atoms with Crippen LogP contribution in [0.3, 0.4) is 0 Å². The number of likely N-dealkylation sites (tertiary alicyclic amines) is 1. The molecule has 2 saturated heterocycles. The van der Waals surface area contributed by atoms with Crippen molar-refractivity contribution in [2.45, 2.75) is 43.7 Å². The SMILES string of the molecule is O=C(N1CC2Cc3nc(N4CCCC4)ncc3C2C1)C1(F)CC1. The van der Waals surface area contributed by atoms with Gasteiger partial charge in [-0.2, -0.15) is 0 Å². The average Bonchev–Trinajstić information content (AvgIpc) is 2.99. The Morgan fingerprint density at radius 1 is 1.26 bits per heavy atom. The number of aromatic nitrogens is 2. The Morgan fingerprint density at radius 3 is 2.78 bits per heavy atom. The number of hydrogen-bond acceptors (Lipinski definition) is 4. The molecule has 3 heterocycles. The van der Waals surface area contributed by atoms with Crippen LogP contribution in [0.1, 0.15) is 42.9 Å². The van der Waals surface area contributed by atoms with Crippen LogP contribution >= 0.6 is 0 Å². The van der Waals surface area contributed by atoms with Gasteiger partial charge in [0.25, 0.3) is 5.91 Å². The first-order chi connectivity index (χ1) is 11.1. The van der Waals surface area contributed by atoms with Crippen LogP contribution in [0, 0.1) is 5.92 Å². The molecule has 2 atom stereocenters. The molecule has 5 rings (SSSR count). The van der Waals surface area contributed by atoms with Crippen molar-refractivity contribution in [1.82, 2.24) is 14.9 Å². The maximum atomic E-state index is 14.0. The normalized spacial score (nSPS) is 30.5. The number of halogens is 1. The van der Waals surface area contributed by atoms with Crippen molar-refractivity contribution < 1.29 is 9.18 Å². The van der Waals surface area contributed by atoms with Crippen LogP contribution in [0.5, 0.6) is 0 Å². The largest absolute Gasteiger partial charge is 0.341 e. The van der Waals surface area contributed by atoms with Crippen LogP contribution < -0.4 is 4.90 Å². The van der Waals surface area contributed by atoms with Crippen molar-refractivity contribution in [1.29, 1.82) is 0 Å². The topological polar surface area (TPSA) is 49.3 Å². The monoisotopic (exact) mass is 316 g/mol. The van der Waals surface area contributed by atoms with E-state index in [4.69, 9.17) is 4.98 Å². The summed E-state index contributed by atoms with van der Waals surface area (Å²) < 4.78 is 14.0. The smallest absolute Gasteiger partial charge is 0.260 e. The van der Waals surface area contributed by atoms with Crippen LogP contribution in [0.2, 0.25) is 0 Å². The predicted octanol–water partition coefficient (Wildman–Crippen LogP) is 1.68. The summed E-state index contributed by atoms with van der Waals surface area (Å²) in [5.41, 5.74) is 0.778. The number of fused-ring (bicyclic) bond motifs is 3. The lowest BCUT2D eigenvalue weighted by atomic mass is 9.98. The Labute approximate surface area is 134 Å². The number of carbonyl (C=O) groups is 1. The lowest BCUT2D eigenvalue weighted by Gasteiger charge is -2.20. The molecule has 3 fully saturated rings. The Kier molecular flexibility index (Phi) is 2.77.